The van der Waals surface area contributed by atoms with Crippen LogP contribution in [0.5, 0.6) is 5.75 Å². The molecule has 0 spiro atoms. The predicted octanol–water partition coefficient (Wildman–Crippen LogP) is 3.41. The maximum absolute atomic E-state index is 11.8. The topological polar surface area (TPSA) is 76.5 Å². The Morgan fingerprint density at radius 2 is 2.10 bits per heavy atom. The van der Waals surface area contributed by atoms with E-state index in [4.69, 9.17) is 33.0 Å². The fraction of sp³-hybridized carbons (Fsp3) is 0.0833. The van der Waals surface area contributed by atoms with Crippen LogP contribution in [0.4, 0.5) is 0 Å². The lowest BCUT2D eigenvalue weighted by atomic mass is 10.3. The highest BCUT2D eigenvalue weighted by atomic mass is 35.5. The Morgan fingerprint density at radius 3 is 2.70 bits per heavy atom. The van der Waals surface area contributed by atoms with Gasteiger partial charge in [-0.3, -0.25) is 4.79 Å². The lowest BCUT2D eigenvalue weighted by Crippen LogP contribution is -2.12. The maximum Gasteiger partial charge on any atom is 0.355 e. The Labute approximate surface area is 127 Å². The van der Waals surface area contributed by atoms with Crippen molar-refractivity contribution >= 4 is 46.3 Å². The van der Waals surface area contributed by atoms with Gasteiger partial charge in [0.15, 0.2) is 17.3 Å². The summed E-state index contributed by atoms with van der Waals surface area (Å²) >= 11 is 12.6. The smallest absolute Gasteiger partial charge is 0.355 e. The maximum atomic E-state index is 11.8. The van der Waals surface area contributed by atoms with Crippen molar-refractivity contribution < 1.29 is 19.4 Å². The fourth-order valence-electron chi connectivity index (χ4n) is 1.30. The van der Waals surface area contributed by atoms with Gasteiger partial charge in [0.05, 0.1) is 5.02 Å². The molecule has 0 aliphatic heterocycles. The number of carbonyl (C=O) groups excluding carboxylic acids is 1. The predicted molar refractivity (Wildman–Crippen MR) is 75.4 cm³/mol. The van der Waals surface area contributed by atoms with Crippen LogP contribution in [0.2, 0.25) is 10.0 Å². The first-order valence-electron chi connectivity index (χ1n) is 5.27. The van der Waals surface area contributed by atoms with E-state index in [1.165, 1.54) is 11.4 Å². The summed E-state index contributed by atoms with van der Waals surface area (Å²) in [6, 6.07) is 4.62. The number of aromatic carboxylic acids is 1. The summed E-state index contributed by atoms with van der Waals surface area (Å²) in [6.45, 7) is -0.284. The highest BCUT2D eigenvalue weighted by Crippen LogP contribution is 2.27. The fourth-order valence-corrected chi connectivity index (χ4v) is 2.48. The molecule has 1 aromatic heterocycles. The van der Waals surface area contributed by atoms with Crippen molar-refractivity contribution in [3.63, 3.8) is 0 Å². The van der Waals surface area contributed by atoms with Gasteiger partial charge in [0.2, 0.25) is 5.78 Å². The molecule has 8 heteroatoms. The number of rotatable bonds is 5. The highest BCUT2D eigenvalue weighted by molar-refractivity contribution is 7.12. The summed E-state index contributed by atoms with van der Waals surface area (Å²) in [7, 11) is 0. The van der Waals surface area contributed by atoms with Crippen LogP contribution in [0, 0.1) is 0 Å². The first kappa shape index (κ1) is 14.8. The Balaban J connectivity index is 2.02. The normalized spacial score (nSPS) is 10.3. The number of carboxylic acids is 1. The molecule has 1 heterocycles. The Hall–Kier alpha value is -1.63. The first-order valence-corrected chi connectivity index (χ1v) is 6.91. The molecular weight excluding hydrogens is 325 g/mol. The monoisotopic (exact) mass is 331 g/mol. The molecule has 0 atom stereocenters. The van der Waals surface area contributed by atoms with E-state index in [9.17, 15) is 9.59 Å². The van der Waals surface area contributed by atoms with Gasteiger partial charge in [-0.05, 0) is 18.2 Å². The molecule has 2 aromatic rings. The van der Waals surface area contributed by atoms with Gasteiger partial charge in [-0.15, -0.1) is 11.3 Å². The summed E-state index contributed by atoms with van der Waals surface area (Å²) in [6.07, 6.45) is 0. The number of thiazole rings is 1. The van der Waals surface area contributed by atoms with Gasteiger partial charge in [0.25, 0.3) is 0 Å². The minimum atomic E-state index is -1.18. The van der Waals surface area contributed by atoms with E-state index in [1.807, 2.05) is 0 Å². The molecule has 2 rings (SSSR count). The third-order valence-corrected chi connectivity index (χ3v) is 3.63. The number of hydrogen-bond donors (Lipinski definition) is 1. The molecular formula is C12H7Cl2NO4S. The zero-order valence-electron chi connectivity index (χ0n) is 9.80. The summed E-state index contributed by atoms with van der Waals surface area (Å²) in [5, 5.41) is 10.8. The van der Waals surface area contributed by atoms with Gasteiger partial charge in [-0.2, -0.15) is 0 Å². The molecule has 1 N–H and O–H groups in total. The van der Waals surface area contributed by atoms with E-state index in [2.05, 4.69) is 4.98 Å². The molecule has 0 bridgehead atoms. The molecule has 0 fully saturated rings. The Bertz CT molecular complexity index is 671. The molecule has 0 saturated heterocycles. The van der Waals surface area contributed by atoms with Crippen LogP contribution in [-0.4, -0.2) is 28.4 Å². The van der Waals surface area contributed by atoms with Gasteiger partial charge < -0.3 is 9.84 Å². The third-order valence-electron chi connectivity index (χ3n) is 2.21. The number of carbonyl (C=O) groups is 2. The van der Waals surface area contributed by atoms with Crippen LogP contribution < -0.4 is 4.74 Å². The van der Waals surface area contributed by atoms with Crippen LogP contribution in [0.1, 0.15) is 20.3 Å². The third kappa shape index (κ3) is 3.47. The summed E-state index contributed by atoms with van der Waals surface area (Å²) < 4.78 is 5.26. The number of ketones is 1. The zero-order chi connectivity index (χ0) is 14.7. The molecule has 20 heavy (non-hydrogen) atoms. The van der Waals surface area contributed by atoms with E-state index >= 15 is 0 Å². The lowest BCUT2D eigenvalue weighted by molar-refractivity contribution is 0.0691. The van der Waals surface area contributed by atoms with E-state index in [0.29, 0.717) is 10.8 Å². The quantitative estimate of drug-likeness (QED) is 0.849. The van der Waals surface area contributed by atoms with Crippen molar-refractivity contribution in [3.05, 3.63) is 44.3 Å². The lowest BCUT2D eigenvalue weighted by Gasteiger charge is -2.06. The molecule has 0 radical (unpaired) electrons. The number of benzene rings is 1. The van der Waals surface area contributed by atoms with Gasteiger partial charge in [0.1, 0.15) is 5.75 Å². The summed E-state index contributed by atoms with van der Waals surface area (Å²) in [5.74, 6) is -1.28. The van der Waals surface area contributed by atoms with Crippen molar-refractivity contribution in [1.82, 2.24) is 4.98 Å². The van der Waals surface area contributed by atoms with E-state index < -0.39 is 11.8 Å². The Morgan fingerprint density at radius 1 is 1.35 bits per heavy atom. The average Bonchev–Trinajstić information content (AvgIpc) is 2.87. The molecule has 0 unspecified atom stereocenters. The summed E-state index contributed by atoms with van der Waals surface area (Å²) in [4.78, 5) is 26.2. The van der Waals surface area contributed by atoms with Crippen LogP contribution in [0.15, 0.2) is 23.6 Å². The average molecular weight is 332 g/mol. The molecule has 5 nitrogen and oxygen atoms in total. The molecule has 0 aliphatic carbocycles. The molecule has 0 amide bonds. The SMILES string of the molecule is O=C(O)c1csc(C(=O)COc2ccc(Cl)cc2Cl)n1. The van der Waals surface area contributed by atoms with Crippen molar-refractivity contribution in [2.75, 3.05) is 6.61 Å². The first-order chi connectivity index (χ1) is 9.47. The van der Waals surface area contributed by atoms with Crippen LogP contribution in [0.3, 0.4) is 0 Å². The molecule has 0 aliphatic rings. The Kier molecular flexibility index (Phi) is 4.59. The number of ether oxygens (including phenoxy) is 1. The van der Waals surface area contributed by atoms with Crippen molar-refractivity contribution in [3.8, 4) is 5.75 Å². The number of Topliss-reactive ketones (excluding diaryl/α,β-unsaturated/α-hetero) is 1. The molecule has 0 saturated carbocycles. The second-order valence-corrected chi connectivity index (χ2v) is 5.33. The minimum Gasteiger partial charge on any atom is -0.484 e. The summed E-state index contributed by atoms with van der Waals surface area (Å²) in [5.41, 5.74) is -0.164. The van der Waals surface area contributed by atoms with Gasteiger partial charge >= 0.3 is 5.97 Å². The van der Waals surface area contributed by atoms with Crippen molar-refractivity contribution in [2.45, 2.75) is 0 Å². The van der Waals surface area contributed by atoms with Crippen molar-refractivity contribution in [2.24, 2.45) is 0 Å². The van der Waals surface area contributed by atoms with Crippen LogP contribution in [-0.2, 0) is 0 Å². The molecule has 1 aromatic carbocycles. The minimum absolute atomic E-state index is 0.0764. The number of nitrogens with zero attached hydrogens (tertiary/aromatic N) is 1. The highest BCUT2D eigenvalue weighted by Gasteiger charge is 2.15. The van der Waals surface area contributed by atoms with Crippen LogP contribution in [0.25, 0.3) is 0 Å². The second-order valence-electron chi connectivity index (χ2n) is 3.63. The standard InChI is InChI=1S/C12H7Cl2NO4S/c13-6-1-2-10(7(14)3-6)19-4-9(16)11-15-8(5-20-11)12(17)18/h1-3,5H,4H2,(H,17,18). The van der Waals surface area contributed by atoms with Crippen molar-refractivity contribution in [1.29, 1.82) is 0 Å². The second kappa shape index (κ2) is 6.21. The van der Waals surface area contributed by atoms with E-state index in [1.54, 1.807) is 12.1 Å². The van der Waals surface area contributed by atoms with Gasteiger partial charge in [-0.1, -0.05) is 23.2 Å². The molecule has 104 valence electrons. The number of hydrogen-bond acceptors (Lipinski definition) is 5. The van der Waals surface area contributed by atoms with Gasteiger partial charge in [-0.25, -0.2) is 9.78 Å². The van der Waals surface area contributed by atoms with Crippen LogP contribution >= 0.6 is 34.5 Å². The largest absolute Gasteiger partial charge is 0.484 e. The zero-order valence-corrected chi connectivity index (χ0v) is 12.1. The van der Waals surface area contributed by atoms with E-state index in [0.717, 1.165) is 11.3 Å². The van der Waals surface area contributed by atoms with E-state index in [-0.39, 0.29) is 22.3 Å². The number of halogens is 2. The number of carboxylic acid groups (broad SMARTS) is 1. The number of aromatic nitrogens is 1. The van der Waals surface area contributed by atoms with Gasteiger partial charge in [0, 0.05) is 10.4 Å².